The zero-order valence-electron chi connectivity index (χ0n) is 22.8. The largest absolute Gasteiger partial charge is 0.496 e. The zero-order chi connectivity index (χ0) is 27.5. The van der Waals surface area contributed by atoms with Crippen LogP contribution in [0.4, 0.5) is 0 Å². The second kappa shape index (κ2) is 14.1. The third kappa shape index (κ3) is 8.16. The van der Waals surface area contributed by atoms with Gasteiger partial charge in [0.05, 0.1) is 7.11 Å². The maximum Gasteiger partial charge on any atom is 0.254 e. The summed E-state index contributed by atoms with van der Waals surface area (Å²) in [6.45, 7) is 6.79. The van der Waals surface area contributed by atoms with Gasteiger partial charge >= 0.3 is 0 Å². The molecule has 4 rings (SSSR count). The number of nitrogens with zero attached hydrogens (tertiary/aromatic N) is 3. The molecule has 1 aliphatic rings. The highest BCUT2D eigenvalue weighted by molar-refractivity contribution is 5.94. The van der Waals surface area contributed by atoms with Crippen LogP contribution in [-0.2, 0) is 4.79 Å². The summed E-state index contributed by atoms with van der Waals surface area (Å²) in [5, 5.41) is 0. The van der Waals surface area contributed by atoms with Gasteiger partial charge in [0.1, 0.15) is 5.75 Å². The maximum atomic E-state index is 13.4. The molecular formula is C33H37N3O3. The number of aryl methyl sites for hydroxylation is 1. The van der Waals surface area contributed by atoms with Crippen LogP contribution in [0, 0.1) is 6.92 Å². The van der Waals surface area contributed by atoms with E-state index in [-0.39, 0.29) is 11.8 Å². The number of ether oxygens (including phenoxy) is 1. The third-order valence-electron chi connectivity index (χ3n) is 6.94. The van der Waals surface area contributed by atoms with E-state index < -0.39 is 0 Å². The number of hydrogen-bond acceptors (Lipinski definition) is 4. The van der Waals surface area contributed by atoms with Gasteiger partial charge in [-0.05, 0) is 36.8 Å². The fourth-order valence-corrected chi connectivity index (χ4v) is 4.56. The van der Waals surface area contributed by atoms with Crippen LogP contribution in [0.25, 0.3) is 12.2 Å². The predicted molar refractivity (Wildman–Crippen MR) is 158 cm³/mol. The minimum absolute atomic E-state index is 0.0135. The Kier molecular flexibility index (Phi) is 10.1. The minimum Gasteiger partial charge on any atom is -0.496 e. The molecule has 0 unspecified atom stereocenters. The van der Waals surface area contributed by atoms with E-state index in [4.69, 9.17) is 4.74 Å². The molecule has 0 saturated carbocycles. The fraction of sp³-hybridized carbons (Fsp3) is 0.273. The van der Waals surface area contributed by atoms with Crippen LogP contribution < -0.4 is 4.74 Å². The molecule has 202 valence electrons. The number of amides is 2. The van der Waals surface area contributed by atoms with Crippen molar-refractivity contribution in [2.24, 2.45) is 0 Å². The topological polar surface area (TPSA) is 53.1 Å². The van der Waals surface area contributed by atoms with Crippen LogP contribution in [0.5, 0.6) is 5.75 Å². The SMILES string of the molecule is COc1ccccc1/C=C/CN(CCN1CCN(C(=O)/C=C/c2ccccc2)CC1)C(=O)c1ccc(C)cc1. The van der Waals surface area contributed by atoms with Gasteiger partial charge in [-0.2, -0.15) is 0 Å². The van der Waals surface area contributed by atoms with Gasteiger partial charge in [0.25, 0.3) is 5.91 Å². The van der Waals surface area contributed by atoms with Gasteiger partial charge < -0.3 is 14.5 Å². The van der Waals surface area contributed by atoms with Crippen LogP contribution in [-0.4, -0.2) is 79.4 Å². The number of piperazine rings is 1. The molecule has 1 aliphatic heterocycles. The Bertz CT molecular complexity index is 1280. The van der Waals surface area contributed by atoms with Gasteiger partial charge in [-0.1, -0.05) is 78.4 Å². The molecule has 3 aromatic rings. The third-order valence-corrected chi connectivity index (χ3v) is 6.94. The quantitative estimate of drug-likeness (QED) is 0.351. The molecule has 0 aromatic heterocycles. The Morgan fingerprint density at radius 1 is 0.872 bits per heavy atom. The summed E-state index contributed by atoms with van der Waals surface area (Å²) in [7, 11) is 1.66. The minimum atomic E-state index is 0.0135. The van der Waals surface area contributed by atoms with Gasteiger partial charge in [-0.25, -0.2) is 0 Å². The number of hydrogen-bond donors (Lipinski definition) is 0. The Morgan fingerprint density at radius 2 is 1.56 bits per heavy atom. The lowest BCUT2D eigenvalue weighted by Crippen LogP contribution is -2.50. The molecule has 1 heterocycles. The highest BCUT2D eigenvalue weighted by Gasteiger charge is 2.21. The number of benzene rings is 3. The molecule has 0 N–H and O–H groups in total. The maximum absolute atomic E-state index is 13.4. The van der Waals surface area contributed by atoms with Crippen LogP contribution in [0.15, 0.2) is 91.0 Å². The van der Waals surface area contributed by atoms with Crippen molar-refractivity contribution in [3.05, 3.63) is 113 Å². The lowest BCUT2D eigenvalue weighted by molar-refractivity contribution is -0.127. The van der Waals surface area contributed by atoms with Crippen molar-refractivity contribution in [2.45, 2.75) is 6.92 Å². The molecule has 2 amide bonds. The monoisotopic (exact) mass is 523 g/mol. The summed E-state index contributed by atoms with van der Waals surface area (Å²) >= 11 is 0. The highest BCUT2D eigenvalue weighted by Crippen LogP contribution is 2.19. The molecule has 0 atom stereocenters. The van der Waals surface area contributed by atoms with Crippen LogP contribution in [0.3, 0.4) is 0 Å². The molecule has 3 aromatic carbocycles. The molecule has 0 bridgehead atoms. The van der Waals surface area contributed by atoms with Crippen LogP contribution in [0.2, 0.25) is 0 Å². The first-order valence-corrected chi connectivity index (χ1v) is 13.4. The molecule has 0 radical (unpaired) electrons. The van der Waals surface area contributed by atoms with Crippen molar-refractivity contribution in [3.63, 3.8) is 0 Å². The van der Waals surface area contributed by atoms with Crippen molar-refractivity contribution < 1.29 is 14.3 Å². The second-order valence-corrected chi connectivity index (χ2v) is 9.67. The summed E-state index contributed by atoms with van der Waals surface area (Å²) in [5.74, 6) is 0.854. The van der Waals surface area contributed by atoms with E-state index >= 15 is 0 Å². The average molecular weight is 524 g/mol. The zero-order valence-corrected chi connectivity index (χ0v) is 22.8. The van der Waals surface area contributed by atoms with E-state index in [0.29, 0.717) is 31.7 Å². The Hall–Kier alpha value is -4.16. The molecule has 39 heavy (non-hydrogen) atoms. The first kappa shape index (κ1) is 27.9. The van der Waals surface area contributed by atoms with Gasteiger partial charge in [-0.15, -0.1) is 0 Å². The van der Waals surface area contributed by atoms with Crippen molar-refractivity contribution >= 4 is 24.0 Å². The first-order chi connectivity index (χ1) is 19.0. The molecule has 1 saturated heterocycles. The molecule has 0 aliphatic carbocycles. The summed E-state index contributed by atoms with van der Waals surface area (Å²) in [5.41, 5.74) is 3.81. The van der Waals surface area contributed by atoms with E-state index in [2.05, 4.69) is 4.90 Å². The summed E-state index contributed by atoms with van der Waals surface area (Å²) in [6.07, 6.45) is 7.53. The van der Waals surface area contributed by atoms with Crippen molar-refractivity contribution in [1.82, 2.24) is 14.7 Å². The van der Waals surface area contributed by atoms with Gasteiger partial charge in [0.15, 0.2) is 0 Å². The lowest BCUT2D eigenvalue weighted by atomic mass is 10.1. The van der Waals surface area contributed by atoms with Gasteiger partial charge in [0.2, 0.25) is 5.91 Å². The number of methoxy groups -OCH3 is 1. The van der Waals surface area contributed by atoms with Gasteiger partial charge in [0, 0.05) is 63.0 Å². The average Bonchev–Trinajstić information content (AvgIpc) is 2.98. The molecular weight excluding hydrogens is 486 g/mol. The Labute approximate surface area is 231 Å². The van der Waals surface area contributed by atoms with Gasteiger partial charge in [-0.3, -0.25) is 14.5 Å². The molecule has 0 spiro atoms. The Balaban J connectivity index is 1.34. The van der Waals surface area contributed by atoms with E-state index in [9.17, 15) is 9.59 Å². The molecule has 6 heteroatoms. The van der Waals surface area contributed by atoms with Crippen molar-refractivity contribution in [3.8, 4) is 5.75 Å². The number of carbonyl (C=O) groups is 2. The first-order valence-electron chi connectivity index (χ1n) is 13.4. The Morgan fingerprint density at radius 3 is 2.28 bits per heavy atom. The number of carbonyl (C=O) groups excluding carboxylic acids is 2. The van der Waals surface area contributed by atoms with E-state index in [0.717, 1.165) is 42.1 Å². The normalized spacial score (nSPS) is 14.2. The van der Waals surface area contributed by atoms with E-state index in [1.54, 1.807) is 13.2 Å². The molecule has 6 nitrogen and oxygen atoms in total. The molecule has 1 fully saturated rings. The lowest BCUT2D eigenvalue weighted by Gasteiger charge is -2.35. The highest BCUT2D eigenvalue weighted by atomic mass is 16.5. The summed E-state index contributed by atoms with van der Waals surface area (Å²) in [4.78, 5) is 32.2. The van der Waals surface area contributed by atoms with E-state index in [1.807, 2.05) is 114 Å². The predicted octanol–water partition coefficient (Wildman–Crippen LogP) is 5.02. The number of para-hydroxylation sites is 1. The van der Waals surface area contributed by atoms with Crippen LogP contribution in [0.1, 0.15) is 27.0 Å². The second-order valence-electron chi connectivity index (χ2n) is 9.67. The smallest absolute Gasteiger partial charge is 0.254 e. The van der Waals surface area contributed by atoms with E-state index in [1.165, 1.54) is 0 Å². The number of rotatable bonds is 10. The fourth-order valence-electron chi connectivity index (χ4n) is 4.56. The van der Waals surface area contributed by atoms with Crippen LogP contribution >= 0.6 is 0 Å². The summed E-state index contributed by atoms with van der Waals surface area (Å²) in [6, 6.07) is 25.4. The van der Waals surface area contributed by atoms with Crippen molar-refractivity contribution in [2.75, 3.05) is 52.9 Å². The van der Waals surface area contributed by atoms with Crippen molar-refractivity contribution in [1.29, 1.82) is 0 Å². The summed E-state index contributed by atoms with van der Waals surface area (Å²) < 4.78 is 5.45. The standard InChI is InChI=1S/C33H37N3O3/c1-27-14-17-30(18-15-27)33(38)36(20-8-12-29-11-6-7-13-31(29)39-2)26-23-34-21-24-35(25-22-34)32(37)19-16-28-9-4-3-5-10-28/h3-19H,20-26H2,1-2H3/b12-8+,19-16+.